The van der Waals surface area contributed by atoms with Crippen LogP contribution in [0.5, 0.6) is 0 Å². The van der Waals surface area contributed by atoms with Gasteiger partial charge in [-0.1, -0.05) is 48.5 Å². The quantitative estimate of drug-likeness (QED) is 0.770. The van der Waals surface area contributed by atoms with Crippen molar-refractivity contribution < 1.29 is 13.2 Å². The molecule has 2 aromatic carbocycles. The molecule has 1 aromatic heterocycles. The summed E-state index contributed by atoms with van der Waals surface area (Å²) >= 11 is 0. The van der Waals surface area contributed by atoms with Gasteiger partial charge in [-0.25, -0.2) is 13.1 Å². The molecule has 0 saturated carbocycles. The van der Waals surface area contributed by atoms with Gasteiger partial charge in [0.15, 0.2) is 0 Å². The van der Waals surface area contributed by atoms with Gasteiger partial charge < -0.3 is 0 Å². The van der Waals surface area contributed by atoms with Crippen LogP contribution in [0, 0.1) is 0 Å². The van der Waals surface area contributed by atoms with E-state index in [1.165, 1.54) is 24.5 Å². The number of hydrogen-bond acceptors (Lipinski definition) is 4. The molecule has 24 heavy (non-hydrogen) atoms. The van der Waals surface area contributed by atoms with Crippen LogP contribution >= 0.6 is 0 Å². The molecule has 0 bridgehead atoms. The Bertz CT molecular complexity index is 935. The predicted molar refractivity (Wildman–Crippen MR) is 88.9 cm³/mol. The molecule has 0 fully saturated rings. The van der Waals surface area contributed by atoms with Crippen LogP contribution in [0.15, 0.2) is 78.0 Å². The van der Waals surface area contributed by atoms with E-state index in [0.717, 1.165) is 5.56 Å². The Hall–Kier alpha value is -2.93. The minimum atomic E-state index is -3.89. The third-order valence-corrected chi connectivity index (χ3v) is 4.71. The second-order valence-corrected chi connectivity index (χ2v) is 6.84. The number of sulfonamides is 1. The SMILES string of the molecule is O=C(NS(=O)(=O)c1ccccc1)c1cnn(Cc2ccccc2)c1. The lowest BCUT2D eigenvalue weighted by molar-refractivity contribution is 0.0981. The molecule has 0 saturated heterocycles. The average molecular weight is 341 g/mol. The maximum Gasteiger partial charge on any atom is 0.268 e. The normalized spacial score (nSPS) is 11.2. The number of nitrogens with one attached hydrogen (secondary N) is 1. The van der Waals surface area contributed by atoms with Crippen LogP contribution in [0.25, 0.3) is 0 Å². The first-order chi connectivity index (χ1) is 11.5. The monoisotopic (exact) mass is 341 g/mol. The molecule has 3 aromatic rings. The van der Waals surface area contributed by atoms with Crippen LogP contribution < -0.4 is 4.72 Å². The summed E-state index contributed by atoms with van der Waals surface area (Å²) in [6.45, 7) is 0.500. The van der Waals surface area contributed by atoms with E-state index in [-0.39, 0.29) is 10.5 Å². The molecule has 7 heteroatoms. The first-order valence-electron chi connectivity index (χ1n) is 7.23. The summed E-state index contributed by atoms with van der Waals surface area (Å²) in [7, 11) is -3.89. The first-order valence-corrected chi connectivity index (χ1v) is 8.71. The number of nitrogens with zero attached hydrogens (tertiary/aromatic N) is 2. The van der Waals surface area contributed by atoms with Gasteiger partial charge in [0.1, 0.15) is 0 Å². The largest absolute Gasteiger partial charge is 0.268 e. The molecule has 0 atom stereocenters. The molecular formula is C17H15N3O3S. The maximum atomic E-state index is 12.2. The summed E-state index contributed by atoms with van der Waals surface area (Å²) in [5.74, 6) is -0.710. The molecule has 0 unspecified atom stereocenters. The number of carbonyl (C=O) groups is 1. The number of carbonyl (C=O) groups excluding carboxylic acids is 1. The third kappa shape index (κ3) is 3.69. The number of benzene rings is 2. The molecule has 0 aliphatic rings. The summed E-state index contributed by atoms with van der Waals surface area (Å²) in [6.07, 6.45) is 2.86. The van der Waals surface area contributed by atoms with Crippen molar-refractivity contribution in [2.24, 2.45) is 0 Å². The van der Waals surface area contributed by atoms with Crippen LogP contribution in [0.4, 0.5) is 0 Å². The Kier molecular flexibility index (Phi) is 4.43. The van der Waals surface area contributed by atoms with Gasteiger partial charge in [0.05, 0.1) is 23.2 Å². The Balaban J connectivity index is 1.72. The van der Waals surface area contributed by atoms with Crippen molar-refractivity contribution in [3.63, 3.8) is 0 Å². The second-order valence-electron chi connectivity index (χ2n) is 5.16. The molecular weight excluding hydrogens is 326 g/mol. The van der Waals surface area contributed by atoms with Gasteiger partial charge in [-0.15, -0.1) is 0 Å². The van der Waals surface area contributed by atoms with Gasteiger partial charge in [0, 0.05) is 6.20 Å². The van der Waals surface area contributed by atoms with Gasteiger partial charge in [0.2, 0.25) is 0 Å². The molecule has 1 amide bonds. The fourth-order valence-electron chi connectivity index (χ4n) is 2.18. The average Bonchev–Trinajstić information content (AvgIpc) is 3.05. The van der Waals surface area contributed by atoms with Crippen LogP contribution in [0.2, 0.25) is 0 Å². The van der Waals surface area contributed by atoms with Gasteiger partial charge in [-0.05, 0) is 17.7 Å². The van der Waals surface area contributed by atoms with Crippen molar-refractivity contribution in [1.29, 1.82) is 0 Å². The van der Waals surface area contributed by atoms with E-state index >= 15 is 0 Å². The van der Waals surface area contributed by atoms with Crippen molar-refractivity contribution in [1.82, 2.24) is 14.5 Å². The Morgan fingerprint density at radius 3 is 2.29 bits per heavy atom. The number of rotatable bonds is 5. The molecule has 0 spiro atoms. The van der Waals surface area contributed by atoms with Crippen LogP contribution in [-0.2, 0) is 16.6 Å². The lowest BCUT2D eigenvalue weighted by atomic mass is 10.2. The summed E-state index contributed by atoms with van der Waals surface area (Å²) in [5, 5.41) is 4.10. The van der Waals surface area contributed by atoms with Crippen LogP contribution in [-0.4, -0.2) is 24.1 Å². The fraction of sp³-hybridized carbons (Fsp3) is 0.0588. The number of amides is 1. The van der Waals surface area contributed by atoms with E-state index in [1.807, 2.05) is 35.1 Å². The minimum Gasteiger partial charge on any atom is -0.268 e. The predicted octanol–water partition coefficient (Wildman–Crippen LogP) is 2.05. The van der Waals surface area contributed by atoms with Crippen molar-refractivity contribution in [3.8, 4) is 0 Å². The van der Waals surface area contributed by atoms with Gasteiger partial charge in [-0.2, -0.15) is 5.10 Å². The Morgan fingerprint density at radius 1 is 1.00 bits per heavy atom. The highest BCUT2D eigenvalue weighted by molar-refractivity contribution is 7.90. The third-order valence-electron chi connectivity index (χ3n) is 3.36. The first kappa shape index (κ1) is 15.9. The topological polar surface area (TPSA) is 81.1 Å². The van der Waals surface area contributed by atoms with E-state index in [0.29, 0.717) is 6.54 Å². The lowest BCUT2D eigenvalue weighted by Gasteiger charge is -2.05. The van der Waals surface area contributed by atoms with Crippen LogP contribution in [0.1, 0.15) is 15.9 Å². The zero-order valence-corrected chi connectivity index (χ0v) is 13.5. The van der Waals surface area contributed by atoms with E-state index < -0.39 is 15.9 Å². The van der Waals surface area contributed by atoms with E-state index in [4.69, 9.17) is 0 Å². The van der Waals surface area contributed by atoms with Crippen LogP contribution in [0.3, 0.4) is 0 Å². The molecule has 1 heterocycles. The Labute approximate surface area is 139 Å². The maximum absolute atomic E-state index is 12.2. The second kappa shape index (κ2) is 6.67. The summed E-state index contributed by atoms with van der Waals surface area (Å²) in [4.78, 5) is 12.2. The number of hydrogen-bond donors (Lipinski definition) is 1. The summed E-state index contributed by atoms with van der Waals surface area (Å²) < 4.78 is 27.9. The van der Waals surface area contributed by atoms with Crippen molar-refractivity contribution in [2.45, 2.75) is 11.4 Å². The van der Waals surface area contributed by atoms with Crippen molar-refractivity contribution in [2.75, 3.05) is 0 Å². The smallest absolute Gasteiger partial charge is 0.268 e. The van der Waals surface area contributed by atoms with E-state index in [9.17, 15) is 13.2 Å². The lowest BCUT2D eigenvalue weighted by Crippen LogP contribution is -2.30. The van der Waals surface area contributed by atoms with Crippen molar-refractivity contribution in [3.05, 3.63) is 84.2 Å². The summed E-state index contributed by atoms with van der Waals surface area (Å²) in [5.41, 5.74) is 1.22. The molecule has 6 nitrogen and oxygen atoms in total. The van der Waals surface area contributed by atoms with E-state index in [1.54, 1.807) is 22.9 Å². The van der Waals surface area contributed by atoms with Gasteiger partial charge >= 0.3 is 0 Å². The molecule has 0 radical (unpaired) electrons. The van der Waals surface area contributed by atoms with E-state index in [2.05, 4.69) is 5.10 Å². The zero-order valence-electron chi connectivity index (χ0n) is 12.7. The fourth-order valence-corrected chi connectivity index (χ4v) is 3.17. The summed E-state index contributed by atoms with van der Waals surface area (Å²) in [6, 6.07) is 17.4. The molecule has 1 N–H and O–H groups in total. The Morgan fingerprint density at radius 2 is 1.62 bits per heavy atom. The molecule has 0 aliphatic heterocycles. The molecule has 3 rings (SSSR count). The minimum absolute atomic E-state index is 0.0371. The molecule has 122 valence electrons. The van der Waals surface area contributed by atoms with Gasteiger partial charge in [-0.3, -0.25) is 9.48 Å². The highest BCUT2D eigenvalue weighted by atomic mass is 32.2. The van der Waals surface area contributed by atoms with Gasteiger partial charge in [0.25, 0.3) is 15.9 Å². The highest BCUT2D eigenvalue weighted by Crippen LogP contribution is 2.09. The number of aromatic nitrogens is 2. The highest BCUT2D eigenvalue weighted by Gasteiger charge is 2.19. The van der Waals surface area contributed by atoms with Crippen molar-refractivity contribution >= 4 is 15.9 Å². The standard InChI is InChI=1S/C17H15N3O3S/c21-17(19-24(22,23)16-9-5-2-6-10-16)15-11-18-20(13-15)12-14-7-3-1-4-8-14/h1-11,13H,12H2,(H,19,21). The zero-order chi connectivity index (χ0) is 17.0. The molecule has 0 aliphatic carbocycles.